The van der Waals surface area contributed by atoms with E-state index >= 15 is 0 Å². The van der Waals surface area contributed by atoms with Crippen LogP contribution in [0.1, 0.15) is 85.0 Å². The van der Waals surface area contributed by atoms with Crippen molar-refractivity contribution in [1.82, 2.24) is 14.7 Å². The first-order valence-electron chi connectivity index (χ1n) is 13.5. The van der Waals surface area contributed by atoms with Crippen molar-refractivity contribution in [1.29, 1.82) is 0 Å². The minimum Gasteiger partial charge on any atom is -0.381 e. The van der Waals surface area contributed by atoms with Crippen LogP contribution in [-0.2, 0) is 22.5 Å². The molecule has 1 aromatic heterocycles. The first-order chi connectivity index (χ1) is 17.7. The number of hydrogen-bond donors (Lipinski definition) is 0. The maximum absolute atomic E-state index is 13.8. The fourth-order valence-electron chi connectivity index (χ4n) is 4.58. The maximum atomic E-state index is 13.8. The van der Waals surface area contributed by atoms with Crippen LogP contribution in [0.4, 0.5) is 14.6 Å². The predicted octanol–water partition coefficient (Wildman–Crippen LogP) is 6.73. The summed E-state index contributed by atoms with van der Waals surface area (Å²) in [4.78, 5) is 13.2. The van der Waals surface area contributed by atoms with E-state index in [2.05, 4.69) is 35.0 Å². The van der Waals surface area contributed by atoms with Crippen molar-refractivity contribution in [2.75, 3.05) is 38.3 Å². The van der Waals surface area contributed by atoms with Crippen molar-refractivity contribution in [2.24, 2.45) is 0 Å². The molecule has 8 heteroatoms. The van der Waals surface area contributed by atoms with Gasteiger partial charge in [-0.15, -0.1) is 0 Å². The Morgan fingerprint density at radius 1 is 1.24 bits per heavy atom. The number of rotatable bonds is 8. The third-order valence-corrected chi connectivity index (χ3v) is 6.33. The van der Waals surface area contributed by atoms with Crippen LogP contribution in [-0.4, -0.2) is 60.7 Å². The van der Waals surface area contributed by atoms with Crippen LogP contribution >= 0.6 is 0 Å². The number of carbonyl (C=O) groups excluding carboxylic acids is 1. The van der Waals surface area contributed by atoms with Crippen LogP contribution in [0.5, 0.6) is 0 Å². The van der Waals surface area contributed by atoms with Crippen LogP contribution in [0.25, 0.3) is 0 Å². The Morgan fingerprint density at radius 2 is 1.84 bits per heavy atom. The second kappa shape index (κ2) is 16.5. The van der Waals surface area contributed by atoms with Gasteiger partial charge in [0, 0.05) is 61.8 Å². The third kappa shape index (κ3) is 8.88. The molecule has 3 heterocycles. The van der Waals surface area contributed by atoms with E-state index in [1.807, 2.05) is 20.8 Å². The van der Waals surface area contributed by atoms with Gasteiger partial charge in [-0.05, 0) is 65.7 Å². The molecule has 1 saturated heterocycles. The van der Waals surface area contributed by atoms with Crippen molar-refractivity contribution in [3.05, 3.63) is 46.3 Å². The van der Waals surface area contributed by atoms with E-state index in [0.717, 1.165) is 75.4 Å². The van der Waals surface area contributed by atoms with Crippen molar-refractivity contribution in [3.8, 4) is 0 Å². The number of likely N-dealkylation sites (N-methyl/N-ethyl adjacent to an activating group) is 1. The molecule has 0 aromatic carbocycles. The number of hydrogen-bond acceptors (Lipinski definition) is 5. The van der Waals surface area contributed by atoms with E-state index in [4.69, 9.17) is 14.6 Å². The number of carbonyl (C=O) groups is 1. The summed E-state index contributed by atoms with van der Waals surface area (Å²) in [6, 6.07) is 0.324. The van der Waals surface area contributed by atoms with Crippen LogP contribution in [0.15, 0.2) is 35.1 Å². The second-order valence-corrected chi connectivity index (χ2v) is 9.48. The molecule has 0 N–H and O–H groups in total. The standard InChI is InChI=1S/C25H38F2N4O.C2H4O.C2H6/c1-7-11-30(23(18(4)5)15-20(17(2)3)24(26)27)25-21-16-29(6)12-8-22(21)31(28-25)19-9-13-32-14-10-19;1-2-3;1-2/h15,19,24H,4,7-14,16H2,1-3,5-6H3;2H,1H3;1-2H3/b23-15+;;. The zero-order chi connectivity index (χ0) is 28.1. The summed E-state index contributed by atoms with van der Waals surface area (Å²) in [5, 5.41) is 5.14. The van der Waals surface area contributed by atoms with Gasteiger partial charge >= 0.3 is 0 Å². The summed E-state index contributed by atoms with van der Waals surface area (Å²) in [6.07, 6.45) is 3.56. The summed E-state index contributed by atoms with van der Waals surface area (Å²) >= 11 is 0. The van der Waals surface area contributed by atoms with Gasteiger partial charge in [0.05, 0.1) is 6.04 Å². The fraction of sp³-hybridized carbons (Fsp3) is 0.655. The molecule has 2 aliphatic rings. The van der Waals surface area contributed by atoms with E-state index < -0.39 is 6.43 Å². The largest absolute Gasteiger partial charge is 0.381 e. The highest BCUT2D eigenvalue weighted by molar-refractivity contribution is 5.60. The van der Waals surface area contributed by atoms with Crippen molar-refractivity contribution in [2.45, 2.75) is 93.2 Å². The number of fused-ring (bicyclic) bond motifs is 1. The Balaban J connectivity index is 0.00000127. The molecule has 210 valence electrons. The lowest BCUT2D eigenvalue weighted by Gasteiger charge is -2.30. The molecule has 1 fully saturated rings. The molecule has 6 nitrogen and oxygen atoms in total. The molecular weight excluding hydrogens is 474 g/mol. The van der Waals surface area contributed by atoms with Crippen LogP contribution in [0, 0.1) is 0 Å². The lowest BCUT2D eigenvalue weighted by molar-refractivity contribution is -0.106. The van der Waals surface area contributed by atoms with Gasteiger partial charge in [-0.25, -0.2) is 8.78 Å². The predicted molar refractivity (Wildman–Crippen MR) is 149 cm³/mol. The minimum atomic E-state index is -2.53. The Hall–Kier alpha value is -2.32. The number of allylic oxidation sites excluding steroid dienone is 4. The first kappa shape index (κ1) is 32.7. The maximum Gasteiger partial charge on any atom is 0.263 e. The Kier molecular flexibility index (Phi) is 14.6. The zero-order valence-electron chi connectivity index (χ0n) is 24.2. The van der Waals surface area contributed by atoms with Gasteiger partial charge in [0.25, 0.3) is 6.43 Å². The third-order valence-electron chi connectivity index (χ3n) is 6.33. The summed E-state index contributed by atoms with van der Waals surface area (Å²) in [5.74, 6) is 0.886. The summed E-state index contributed by atoms with van der Waals surface area (Å²) in [7, 11) is 2.12. The van der Waals surface area contributed by atoms with Gasteiger partial charge < -0.3 is 19.3 Å². The summed E-state index contributed by atoms with van der Waals surface area (Å²) < 4.78 is 35.4. The average molecular weight is 523 g/mol. The Labute approximate surface area is 223 Å². The molecule has 0 atom stereocenters. The molecule has 0 amide bonds. The van der Waals surface area contributed by atoms with Crippen molar-refractivity contribution >= 4 is 12.1 Å². The molecule has 3 rings (SSSR count). The van der Waals surface area contributed by atoms with Crippen LogP contribution in [0.2, 0.25) is 0 Å². The SMILES string of the molecule is C=C(C)/C(=C\C(=C(C)C)C(F)F)N(CCC)c1nn(C2CCOCC2)c2c1CN(C)CC2.CC.CC=O. The van der Waals surface area contributed by atoms with Gasteiger partial charge in [-0.1, -0.05) is 32.9 Å². The minimum absolute atomic E-state index is 0.0546. The highest BCUT2D eigenvalue weighted by atomic mass is 19.3. The van der Waals surface area contributed by atoms with Gasteiger partial charge in [0.2, 0.25) is 0 Å². The highest BCUT2D eigenvalue weighted by Crippen LogP contribution is 2.36. The zero-order valence-corrected chi connectivity index (χ0v) is 24.2. The summed E-state index contributed by atoms with van der Waals surface area (Å²) in [5.41, 5.74) is 4.64. The van der Waals surface area contributed by atoms with Crippen molar-refractivity contribution < 1.29 is 18.3 Å². The van der Waals surface area contributed by atoms with E-state index in [1.165, 1.54) is 18.2 Å². The van der Waals surface area contributed by atoms with Gasteiger partial charge in [-0.3, -0.25) is 4.68 Å². The molecule has 0 unspecified atom stereocenters. The number of nitrogens with zero attached hydrogens (tertiary/aromatic N) is 4. The molecule has 0 bridgehead atoms. The highest BCUT2D eigenvalue weighted by Gasteiger charge is 2.31. The first-order valence-corrected chi connectivity index (χ1v) is 13.5. The molecule has 0 saturated carbocycles. The topological polar surface area (TPSA) is 50.6 Å². The lowest BCUT2D eigenvalue weighted by atomic mass is 10.0. The van der Waals surface area contributed by atoms with E-state index in [9.17, 15) is 8.78 Å². The monoisotopic (exact) mass is 522 g/mol. The van der Waals surface area contributed by atoms with E-state index in [-0.39, 0.29) is 5.57 Å². The van der Waals surface area contributed by atoms with Crippen molar-refractivity contribution in [3.63, 3.8) is 0 Å². The molecule has 0 aliphatic carbocycles. The normalized spacial score (nSPS) is 16.1. The van der Waals surface area contributed by atoms with Crippen LogP contribution < -0.4 is 4.90 Å². The Bertz CT molecular complexity index is 927. The molecule has 37 heavy (non-hydrogen) atoms. The smallest absolute Gasteiger partial charge is 0.263 e. The number of halogens is 2. The van der Waals surface area contributed by atoms with E-state index in [1.54, 1.807) is 19.9 Å². The van der Waals surface area contributed by atoms with Gasteiger partial charge in [0.1, 0.15) is 6.29 Å². The fourth-order valence-corrected chi connectivity index (χ4v) is 4.58. The summed E-state index contributed by atoms with van der Waals surface area (Å²) in [6.45, 7) is 21.0. The lowest BCUT2D eigenvalue weighted by Crippen LogP contribution is -2.30. The molecule has 0 spiro atoms. The number of aromatic nitrogens is 2. The number of anilines is 1. The molecule has 1 aromatic rings. The van der Waals surface area contributed by atoms with Gasteiger partial charge in [-0.2, -0.15) is 5.10 Å². The second-order valence-electron chi connectivity index (χ2n) is 9.48. The number of aldehydes is 1. The Morgan fingerprint density at radius 3 is 2.32 bits per heavy atom. The number of ether oxygens (including phenoxy) is 1. The molecular formula is C29H48F2N4O2. The molecule has 2 aliphatic heterocycles. The van der Waals surface area contributed by atoms with E-state index in [0.29, 0.717) is 18.2 Å². The van der Waals surface area contributed by atoms with Gasteiger partial charge in [0.15, 0.2) is 5.82 Å². The number of alkyl halides is 2. The molecule has 0 radical (unpaired) electrons. The average Bonchev–Trinajstić information content (AvgIpc) is 3.23. The van der Waals surface area contributed by atoms with Crippen LogP contribution in [0.3, 0.4) is 0 Å². The quantitative estimate of drug-likeness (QED) is 0.280.